The van der Waals surface area contributed by atoms with Gasteiger partial charge in [-0.05, 0) is 43.0 Å². The van der Waals surface area contributed by atoms with E-state index in [1.165, 1.54) is 11.3 Å². The molecule has 1 aromatic heterocycles. The second-order valence-corrected chi connectivity index (χ2v) is 7.47. The molecular formula is C17H18ClN3O3S. The fourth-order valence-electron chi connectivity index (χ4n) is 2.92. The van der Waals surface area contributed by atoms with E-state index in [1.54, 1.807) is 25.1 Å². The summed E-state index contributed by atoms with van der Waals surface area (Å²) < 4.78 is 0. The molecule has 0 aliphatic heterocycles. The number of aliphatic hydroxyl groups excluding tert-OH is 1. The lowest BCUT2D eigenvalue weighted by atomic mass is 9.93. The van der Waals surface area contributed by atoms with Gasteiger partial charge in [-0.15, -0.1) is 11.3 Å². The van der Waals surface area contributed by atoms with Crippen LogP contribution in [0.15, 0.2) is 18.2 Å². The van der Waals surface area contributed by atoms with Gasteiger partial charge in [-0.1, -0.05) is 17.7 Å². The summed E-state index contributed by atoms with van der Waals surface area (Å²) in [6.07, 6.45) is 1.19. The van der Waals surface area contributed by atoms with Crippen LogP contribution in [0.1, 0.15) is 32.8 Å². The van der Waals surface area contributed by atoms with Crippen LogP contribution in [0.5, 0.6) is 0 Å². The van der Waals surface area contributed by atoms with Crippen molar-refractivity contribution in [1.29, 1.82) is 0 Å². The van der Waals surface area contributed by atoms with Crippen LogP contribution in [0.3, 0.4) is 0 Å². The van der Waals surface area contributed by atoms with Crippen LogP contribution in [-0.2, 0) is 12.8 Å². The van der Waals surface area contributed by atoms with E-state index in [4.69, 9.17) is 17.3 Å². The van der Waals surface area contributed by atoms with E-state index in [9.17, 15) is 14.7 Å². The van der Waals surface area contributed by atoms with Gasteiger partial charge in [0.15, 0.2) is 0 Å². The number of primary amides is 1. The fourth-order valence-corrected chi connectivity index (χ4v) is 4.41. The van der Waals surface area contributed by atoms with Crippen molar-refractivity contribution in [2.24, 2.45) is 5.73 Å². The van der Waals surface area contributed by atoms with E-state index >= 15 is 0 Å². The second kappa shape index (κ2) is 7.03. The smallest absolute Gasteiger partial charge is 0.324 e. The summed E-state index contributed by atoms with van der Waals surface area (Å²) in [6, 6.07) is 4.74. The van der Waals surface area contributed by atoms with Gasteiger partial charge in [0, 0.05) is 22.0 Å². The Morgan fingerprint density at radius 2 is 2.12 bits per heavy atom. The molecule has 1 atom stereocenters. The predicted octanol–water partition coefficient (Wildman–Crippen LogP) is 3.30. The van der Waals surface area contributed by atoms with Gasteiger partial charge < -0.3 is 16.2 Å². The minimum atomic E-state index is -0.580. The highest BCUT2D eigenvalue weighted by molar-refractivity contribution is 7.17. The van der Waals surface area contributed by atoms with Crippen molar-refractivity contribution in [3.63, 3.8) is 0 Å². The highest BCUT2D eigenvalue weighted by Crippen LogP contribution is 2.38. The highest BCUT2D eigenvalue weighted by atomic mass is 35.5. The first-order valence-corrected chi connectivity index (χ1v) is 9.01. The minimum absolute atomic E-state index is 0.338. The van der Waals surface area contributed by atoms with E-state index < -0.39 is 18.0 Å². The number of nitrogens with two attached hydrogens (primary N) is 1. The largest absolute Gasteiger partial charge is 0.393 e. The first-order chi connectivity index (χ1) is 11.9. The Balaban J connectivity index is 1.84. The minimum Gasteiger partial charge on any atom is -0.393 e. The number of hydrogen-bond acceptors (Lipinski definition) is 4. The quantitative estimate of drug-likeness (QED) is 0.657. The number of amides is 3. The predicted molar refractivity (Wildman–Crippen MR) is 99.7 cm³/mol. The lowest BCUT2D eigenvalue weighted by Crippen LogP contribution is -2.23. The van der Waals surface area contributed by atoms with Crippen LogP contribution in [0.25, 0.3) is 0 Å². The molecule has 8 heteroatoms. The van der Waals surface area contributed by atoms with Crippen LogP contribution in [0.4, 0.5) is 15.5 Å². The van der Waals surface area contributed by atoms with Crippen molar-refractivity contribution < 1.29 is 14.7 Å². The standard InChI is InChI=1S/C17H18ClN3O3S/c1-8-11(18)3-2-4-12(8)20-17(24)21-16-14(15(19)23)10-6-5-9(22)7-13(10)25-16/h2-4,9,22H,5-7H2,1H3,(H2,19,23)(H2,20,21,24). The zero-order valence-electron chi connectivity index (χ0n) is 13.6. The van der Waals surface area contributed by atoms with Crippen molar-refractivity contribution in [3.8, 4) is 0 Å². The van der Waals surface area contributed by atoms with Gasteiger partial charge in [0.25, 0.3) is 5.91 Å². The molecule has 0 saturated carbocycles. The number of aliphatic hydroxyl groups is 1. The number of fused-ring (bicyclic) bond motifs is 1. The monoisotopic (exact) mass is 379 g/mol. The van der Waals surface area contributed by atoms with Gasteiger partial charge in [-0.3, -0.25) is 10.1 Å². The Kier molecular flexibility index (Phi) is 4.99. The summed E-state index contributed by atoms with van der Waals surface area (Å²) in [4.78, 5) is 25.1. The summed E-state index contributed by atoms with van der Waals surface area (Å²) in [5.74, 6) is -0.580. The third kappa shape index (κ3) is 3.63. The SMILES string of the molecule is Cc1c(Cl)cccc1NC(=O)Nc1sc2c(c1C(N)=O)CCC(O)C2. The summed E-state index contributed by atoms with van der Waals surface area (Å²) in [5.41, 5.74) is 8.01. The molecule has 0 radical (unpaired) electrons. The molecule has 1 aliphatic rings. The zero-order valence-corrected chi connectivity index (χ0v) is 15.1. The number of halogens is 1. The number of carbonyl (C=O) groups excluding carboxylic acids is 2. The van der Waals surface area contributed by atoms with E-state index in [1.807, 2.05) is 0 Å². The highest BCUT2D eigenvalue weighted by Gasteiger charge is 2.27. The maximum absolute atomic E-state index is 12.3. The average molecular weight is 380 g/mol. The van der Waals surface area contributed by atoms with Crippen molar-refractivity contribution in [2.45, 2.75) is 32.3 Å². The number of thiophene rings is 1. The average Bonchev–Trinajstić information content (AvgIpc) is 2.88. The summed E-state index contributed by atoms with van der Waals surface area (Å²) in [7, 11) is 0. The second-order valence-electron chi connectivity index (χ2n) is 5.96. The maximum Gasteiger partial charge on any atom is 0.324 e. The summed E-state index contributed by atoms with van der Waals surface area (Å²) in [6.45, 7) is 1.80. The molecular weight excluding hydrogens is 362 g/mol. The van der Waals surface area contributed by atoms with Crippen molar-refractivity contribution in [2.75, 3.05) is 10.6 Å². The van der Waals surface area contributed by atoms with Gasteiger partial charge in [-0.2, -0.15) is 0 Å². The number of nitrogens with one attached hydrogen (secondary N) is 2. The Labute approximate surface area is 154 Å². The van der Waals surface area contributed by atoms with Crippen molar-refractivity contribution in [1.82, 2.24) is 0 Å². The molecule has 0 saturated heterocycles. The molecule has 0 spiro atoms. The molecule has 1 aliphatic carbocycles. The topological polar surface area (TPSA) is 104 Å². The van der Waals surface area contributed by atoms with Gasteiger partial charge in [0.1, 0.15) is 5.00 Å². The van der Waals surface area contributed by atoms with Crippen LogP contribution in [-0.4, -0.2) is 23.1 Å². The molecule has 1 unspecified atom stereocenters. The maximum atomic E-state index is 12.3. The molecule has 5 N–H and O–H groups in total. The summed E-state index contributed by atoms with van der Waals surface area (Å²) in [5, 5.41) is 16.2. The molecule has 0 bridgehead atoms. The van der Waals surface area contributed by atoms with Gasteiger partial charge in [0.05, 0.1) is 11.7 Å². The van der Waals surface area contributed by atoms with Crippen LogP contribution in [0.2, 0.25) is 5.02 Å². The molecule has 3 rings (SSSR count). The molecule has 0 fully saturated rings. The molecule has 132 valence electrons. The van der Waals surface area contributed by atoms with Gasteiger partial charge in [-0.25, -0.2) is 4.79 Å². The fraction of sp³-hybridized carbons (Fsp3) is 0.294. The lowest BCUT2D eigenvalue weighted by molar-refractivity contribution is 0.0999. The Bertz CT molecular complexity index is 850. The normalized spacial score (nSPS) is 16.2. The first kappa shape index (κ1) is 17.7. The van der Waals surface area contributed by atoms with E-state index in [0.29, 0.717) is 40.5 Å². The molecule has 2 aromatic rings. The first-order valence-electron chi connectivity index (χ1n) is 7.82. The van der Waals surface area contributed by atoms with Crippen molar-refractivity contribution >= 4 is 45.6 Å². The van der Waals surface area contributed by atoms with Crippen LogP contribution < -0.4 is 16.4 Å². The van der Waals surface area contributed by atoms with Crippen molar-refractivity contribution in [3.05, 3.63) is 44.8 Å². The third-order valence-corrected chi connectivity index (χ3v) is 5.81. The molecule has 3 amide bonds. The summed E-state index contributed by atoms with van der Waals surface area (Å²) >= 11 is 7.33. The van der Waals surface area contributed by atoms with E-state index in [-0.39, 0.29) is 0 Å². The molecule has 6 nitrogen and oxygen atoms in total. The number of anilines is 2. The molecule has 1 heterocycles. The number of urea groups is 1. The zero-order chi connectivity index (χ0) is 18.1. The van der Waals surface area contributed by atoms with Crippen LogP contribution in [0, 0.1) is 6.92 Å². The number of rotatable bonds is 3. The molecule has 1 aromatic carbocycles. The molecule has 25 heavy (non-hydrogen) atoms. The Morgan fingerprint density at radius 1 is 1.36 bits per heavy atom. The lowest BCUT2D eigenvalue weighted by Gasteiger charge is -2.17. The van der Waals surface area contributed by atoms with Gasteiger partial charge >= 0.3 is 6.03 Å². The van der Waals surface area contributed by atoms with E-state index in [2.05, 4.69) is 10.6 Å². The number of benzene rings is 1. The van der Waals surface area contributed by atoms with Gasteiger partial charge in [0.2, 0.25) is 0 Å². The number of hydrogen-bond donors (Lipinski definition) is 4. The van der Waals surface area contributed by atoms with E-state index in [0.717, 1.165) is 16.0 Å². The Hall–Kier alpha value is -2.09. The third-order valence-electron chi connectivity index (χ3n) is 4.23. The Morgan fingerprint density at radius 3 is 2.84 bits per heavy atom. The number of carbonyl (C=O) groups is 2. The van der Waals surface area contributed by atoms with Crippen LogP contribution >= 0.6 is 22.9 Å².